The second-order valence-corrected chi connectivity index (χ2v) is 8.90. The molecule has 1 saturated carbocycles. The number of likely N-dealkylation sites (tertiary alicyclic amines) is 2. The minimum absolute atomic E-state index is 0.0184. The van der Waals surface area contributed by atoms with Crippen molar-refractivity contribution < 1.29 is 19.5 Å². The predicted octanol–water partition coefficient (Wildman–Crippen LogP) is 2.25. The number of nitrogens with zero attached hydrogens (tertiary/aromatic N) is 2. The van der Waals surface area contributed by atoms with Crippen molar-refractivity contribution in [2.45, 2.75) is 62.9 Å². The highest BCUT2D eigenvalue weighted by Crippen LogP contribution is 2.41. The van der Waals surface area contributed by atoms with E-state index >= 15 is 0 Å². The summed E-state index contributed by atoms with van der Waals surface area (Å²) in [5.74, 6) is -0.190. The summed E-state index contributed by atoms with van der Waals surface area (Å²) in [6, 6.07) is 9.27. The molecule has 29 heavy (non-hydrogen) atoms. The molecule has 3 fully saturated rings. The highest BCUT2D eigenvalue weighted by Gasteiger charge is 2.54. The molecule has 1 unspecified atom stereocenters. The number of carbonyl (C=O) groups excluding carboxylic acids is 3. The second-order valence-electron chi connectivity index (χ2n) is 8.90. The fourth-order valence-corrected chi connectivity index (χ4v) is 5.17. The van der Waals surface area contributed by atoms with Gasteiger partial charge in [0.25, 0.3) is 0 Å². The van der Waals surface area contributed by atoms with Gasteiger partial charge in [0.05, 0.1) is 11.5 Å². The number of hydrogen-bond donors (Lipinski definition) is 1. The quantitative estimate of drug-likeness (QED) is 0.772. The number of hydrogen-bond acceptors (Lipinski definition) is 4. The maximum absolute atomic E-state index is 13.6. The lowest BCUT2D eigenvalue weighted by atomic mass is 9.75. The van der Waals surface area contributed by atoms with E-state index < -0.39 is 11.5 Å². The van der Waals surface area contributed by atoms with Gasteiger partial charge in [0.15, 0.2) is 0 Å². The highest BCUT2D eigenvalue weighted by atomic mass is 16.3. The van der Waals surface area contributed by atoms with Crippen LogP contribution in [0.1, 0.15) is 56.9 Å². The topological polar surface area (TPSA) is 77.9 Å². The van der Waals surface area contributed by atoms with E-state index in [-0.39, 0.29) is 30.6 Å². The third-order valence-corrected chi connectivity index (χ3v) is 6.87. The van der Waals surface area contributed by atoms with Crippen LogP contribution in [-0.2, 0) is 19.8 Å². The molecule has 156 valence electrons. The SMILES string of the molecule is O=C(CC1(c2ccccc2)CC(=O)N(CC2CCCCC2)C1=O)N1CC[C@@H](O)C1. The van der Waals surface area contributed by atoms with Crippen molar-refractivity contribution in [3.8, 4) is 0 Å². The molecule has 0 bridgehead atoms. The number of rotatable bonds is 5. The lowest BCUT2D eigenvalue weighted by Crippen LogP contribution is -2.44. The molecule has 2 aliphatic heterocycles. The van der Waals surface area contributed by atoms with Gasteiger partial charge < -0.3 is 10.0 Å². The van der Waals surface area contributed by atoms with Gasteiger partial charge in [0, 0.05) is 32.5 Å². The predicted molar refractivity (Wildman–Crippen MR) is 108 cm³/mol. The summed E-state index contributed by atoms with van der Waals surface area (Å²) in [5.41, 5.74) is -0.393. The Morgan fingerprint density at radius 3 is 2.45 bits per heavy atom. The minimum Gasteiger partial charge on any atom is -0.391 e. The standard InChI is InChI=1S/C23H30N2O4/c26-19-11-12-24(16-19)20(27)13-23(18-9-5-2-6-10-18)14-21(28)25(22(23)29)15-17-7-3-1-4-8-17/h2,5-6,9-10,17,19,26H,1,3-4,7-8,11-16H2/t19-,23?/m1/s1. The van der Waals surface area contributed by atoms with Crippen molar-refractivity contribution in [1.82, 2.24) is 9.80 Å². The fraction of sp³-hybridized carbons (Fsp3) is 0.609. The van der Waals surface area contributed by atoms with E-state index in [9.17, 15) is 19.5 Å². The average molecular weight is 399 g/mol. The van der Waals surface area contributed by atoms with Crippen LogP contribution in [0.4, 0.5) is 0 Å². The van der Waals surface area contributed by atoms with Crippen LogP contribution in [0.2, 0.25) is 0 Å². The van der Waals surface area contributed by atoms with Gasteiger partial charge in [-0.25, -0.2) is 0 Å². The molecule has 1 N–H and O–H groups in total. The Hall–Kier alpha value is -2.21. The van der Waals surface area contributed by atoms with E-state index in [0.29, 0.717) is 32.0 Å². The Kier molecular flexibility index (Phi) is 5.72. The first-order valence-electron chi connectivity index (χ1n) is 10.9. The molecule has 2 atom stereocenters. The van der Waals surface area contributed by atoms with E-state index in [0.717, 1.165) is 31.2 Å². The van der Waals surface area contributed by atoms with E-state index in [1.165, 1.54) is 11.3 Å². The number of amides is 3. The van der Waals surface area contributed by atoms with E-state index in [4.69, 9.17) is 0 Å². The fourth-order valence-electron chi connectivity index (χ4n) is 5.17. The van der Waals surface area contributed by atoms with Crippen LogP contribution in [0.3, 0.4) is 0 Å². The van der Waals surface area contributed by atoms with Crippen molar-refractivity contribution in [2.75, 3.05) is 19.6 Å². The maximum Gasteiger partial charge on any atom is 0.240 e. The van der Waals surface area contributed by atoms with Crippen LogP contribution in [0.5, 0.6) is 0 Å². The average Bonchev–Trinajstić information content (AvgIpc) is 3.27. The van der Waals surface area contributed by atoms with Crippen LogP contribution in [-0.4, -0.2) is 58.4 Å². The normalized spacial score (nSPS) is 28.4. The van der Waals surface area contributed by atoms with Crippen molar-refractivity contribution in [2.24, 2.45) is 5.92 Å². The van der Waals surface area contributed by atoms with Gasteiger partial charge in [-0.05, 0) is 30.7 Å². The smallest absolute Gasteiger partial charge is 0.240 e. The molecule has 2 heterocycles. The van der Waals surface area contributed by atoms with Crippen LogP contribution < -0.4 is 0 Å². The van der Waals surface area contributed by atoms with Gasteiger partial charge in [0.2, 0.25) is 17.7 Å². The van der Waals surface area contributed by atoms with Crippen molar-refractivity contribution in [3.05, 3.63) is 35.9 Å². The zero-order chi connectivity index (χ0) is 20.4. The molecular weight excluding hydrogens is 368 g/mol. The Morgan fingerprint density at radius 2 is 1.79 bits per heavy atom. The molecule has 6 nitrogen and oxygen atoms in total. The first-order valence-corrected chi connectivity index (χ1v) is 10.9. The summed E-state index contributed by atoms with van der Waals surface area (Å²) in [6.45, 7) is 1.28. The van der Waals surface area contributed by atoms with Gasteiger partial charge in [0.1, 0.15) is 0 Å². The number of benzene rings is 1. The molecule has 6 heteroatoms. The molecular formula is C23H30N2O4. The molecule has 3 aliphatic rings. The molecule has 4 rings (SSSR count). The Labute approximate surface area is 171 Å². The number of β-amino-alcohol motifs (C(OH)–C–C–N with tert-alkyl or cyclic N) is 1. The number of aliphatic hydroxyl groups is 1. The maximum atomic E-state index is 13.6. The van der Waals surface area contributed by atoms with Crippen LogP contribution >= 0.6 is 0 Å². The van der Waals surface area contributed by atoms with Crippen LogP contribution in [0.25, 0.3) is 0 Å². The first kappa shape index (κ1) is 20.1. The van der Waals surface area contributed by atoms with E-state index in [1.54, 1.807) is 4.90 Å². The first-order chi connectivity index (χ1) is 14.0. The summed E-state index contributed by atoms with van der Waals surface area (Å²) in [5, 5.41) is 9.79. The monoisotopic (exact) mass is 398 g/mol. The lowest BCUT2D eigenvalue weighted by molar-refractivity contribution is -0.143. The molecule has 0 radical (unpaired) electrons. The molecule has 0 spiro atoms. The van der Waals surface area contributed by atoms with Gasteiger partial charge in [-0.15, -0.1) is 0 Å². The van der Waals surface area contributed by atoms with Gasteiger partial charge in [-0.2, -0.15) is 0 Å². The van der Waals surface area contributed by atoms with Gasteiger partial charge >= 0.3 is 0 Å². The van der Waals surface area contributed by atoms with Crippen molar-refractivity contribution in [3.63, 3.8) is 0 Å². The molecule has 3 amide bonds. The largest absolute Gasteiger partial charge is 0.391 e. The Bertz CT molecular complexity index is 774. The van der Waals surface area contributed by atoms with Crippen molar-refractivity contribution in [1.29, 1.82) is 0 Å². The Balaban J connectivity index is 1.59. The summed E-state index contributed by atoms with van der Waals surface area (Å²) in [4.78, 5) is 42.6. The Morgan fingerprint density at radius 1 is 1.07 bits per heavy atom. The zero-order valence-corrected chi connectivity index (χ0v) is 16.9. The lowest BCUT2D eigenvalue weighted by Gasteiger charge is -2.30. The van der Waals surface area contributed by atoms with Gasteiger partial charge in [-0.3, -0.25) is 19.3 Å². The third kappa shape index (κ3) is 3.95. The number of imide groups is 1. The molecule has 2 saturated heterocycles. The zero-order valence-electron chi connectivity index (χ0n) is 16.9. The second kappa shape index (κ2) is 8.27. The van der Waals surface area contributed by atoms with Crippen molar-refractivity contribution >= 4 is 17.7 Å². The summed E-state index contributed by atoms with van der Waals surface area (Å²) >= 11 is 0. The van der Waals surface area contributed by atoms with E-state index in [1.807, 2.05) is 30.3 Å². The van der Waals surface area contributed by atoms with Crippen LogP contribution in [0, 0.1) is 5.92 Å². The summed E-state index contributed by atoms with van der Waals surface area (Å²) < 4.78 is 0. The third-order valence-electron chi connectivity index (χ3n) is 6.87. The molecule has 1 aromatic carbocycles. The van der Waals surface area contributed by atoms with E-state index in [2.05, 4.69) is 0 Å². The number of aliphatic hydroxyl groups excluding tert-OH is 1. The van der Waals surface area contributed by atoms with Gasteiger partial charge in [-0.1, -0.05) is 49.6 Å². The highest BCUT2D eigenvalue weighted by molar-refractivity contribution is 6.10. The number of carbonyl (C=O) groups is 3. The molecule has 1 aromatic rings. The summed E-state index contributed by atoms with van der Waals surface area (Å²) in [6.07, 6.45) is 5.73. The minimum atomic E-state index is -1.13. The van der Waals surface area contributed by atoms with Crippen LogP contribution in [0.15, 0.2) is 30.3 Å². The molecule has 0 aromatic heterocycles. The summed E-state index contributed by atoms with van der Waals surface area (Å²) in [7, 11) is 0. The molecule has 1 aliphatic carbocycles.